The highest BCUT2D eigenvalue weighted by Crippen LogP contribution is 2.52. The van der Waals surface area contributed by atoms with E-state index in [2.05, 4.69) is 109 Å². The van der Waals surface area contributed by atoms with Crippen LogP contribution in [0.15, 0.2) is 115 Å². The van der Waals surface area contributed by atoms with Gasteiger partial charge in [0.2, 0.25) is 5.60 Å². The number of carbonyl (C=O) groups excluding carboxylic acids is 1. The number of rotatable bonds is 4. The fraction of sp³-hybridized carbons (Fsp3) is 0.125. The second-order valence-electron chi connectivity index (χ2n) is 12.1. The Labute approximate surface area is 265 Å². The van der Waals surface area contributed by atoms with Crippen molar-refractivity contribution < 1.29 is 9.53 Å². The van der Waals surface area contributed by atoms with Crippen LogP contribution in [0.2, 0.25) is 0 Å². The number of para-hydroxylation sites is 3. The largest absolute Gasteiger partial charge is 0.436 e. The molecule has 8 aromatic rings. The summed E-state index contributed by atoms with van der Waals surface area (Å²) in [5, 5.41) is 3.43. The molecule has 6 heteroatoms. The standard InChI is InChI=1S/C40H30N4O2/c1-4-43-25(3)36(29-15-7-10-18-33(29)43)40(38-37(39(45)46-40)41-31-16-8-9-17-32(31)42-38)35-23-30(34-19-11-12-22-44(34)35)28-21-20-26-13-5-6-14-27(26)24(28)2/h5-23H,4H2,1-3H3. The highest BCUT2D eigenvalue weighted by molar-refractivity contribution is 6.00. The van der Waals surface area contributed by atoms with Gasteiger partial charge in [-0.25, -0.2) is 14.8 Å². The highest BCUT2D eigenvalue weighted by Gasteiger charge is 2.55. The maximum atomic E-state index is 14.1. The van der Waals surface area contributed by atoms with Crippen molar-refractivity contribution in [1.29, 1.82) is 0 Å². The van der Waals surface area contributed by atoms with Gasteiger partial charge in [-0.1, -0.05) is 72.8 Å². The number of cyclic esters (lactones) is 1. The zero-order valence-corrected chi connectivity index (χ0v) is 25.8. The molecule has 0 saturated heterocycles. The van der Waals surface area contributed by atoms with Crippen molar-refractivity contribution in [2.24, 2.45) is 0 Å². The van der Waals surface area contributed by atoms with Gasteiger partial charge in [-0.3, -0.25) is 0 Å². The van der Waals surface area contributed by atoms with E-state index >= 15 is 0 Å². The van der Waals surface area contributed by atoms with Crippen LogP contribution in [0.3, 0.4) is 0 Å². The Morgan fingerprint density at radius 1 is 0.739 bits per heavy atom. The average Bonchev–Trinajstić information content (AvgIpc) is 3.71. The van der Waals surface area contributed by atoms with Crippen LogP contribution in [0.25, 0.3) is 49.4 Å². The molecule has 46 heavy (non-hydrogen) atoms. The summed E-state index contributed by atoms with van der Waals surface area (Å²) in [4.78, 5) is 24.1. The first kappa shape index (κ1) is 26.6. The van der Waals surface area contributed by atoms with Gasteiger partial charge in [-0.15, -0.1) is 0 Å². The van der Waals surface area contributed by atoms with E-state index in [1.807, 2.05) is 36.4 Å². The summed E-state index contributed by atoms with van der Waals surface area (Å²) in [7, 11) is 0. The molecule has 0 aliphatic carbocycles. The van der Waals surface area contributed by atoms with Crippen LogP contribution in [0.5, 0.6) is 0 Å². The van der Waals surface area contributed by atoms with Crippen LogP contribution in [0.4, 0.5) is 0 Å². The Hall–Kier alpha value is -5.75. The molecule has 0 radical (unpaired) electrons. The van der Waals surface area contributed by atoms with Crippen molar-refractivity contribution in [2.45, 2.75) is 32.9 Å². The summed E-state index contributed by atoms with van der Waals surface area (Å²) < 4.78 is 11.2. The first-order valence-electron chi connectivity index (χ1n) is 15.7. The Bertz CT molecular complexity index is 2560. The number of fused-ring (bicyclic) bond motifs is 5. The van der Waals surface area contributed by atoms with Gasteiger partial charge in [0, 0.05) is 40.5 Å². The van der Waals surface area contributed by atoms with Gasteiger partial charge in [0.05, 0.1) is 22.2 Å². The lowest BCUT2D eigenvalue weighted by molar-refractivity contribution is 0.0228. The monoisotopic (exact) mass is 598 g/mol. The fourth-order valence-corrected chi connectivity index (χ4v) is 7.74. The molecular formula is C40H30N4O2. The Kier molecular flexibility index (Phi) is 5.57. The van der Waals surface area contributed by atoms with E-state index in [1.54, 1.807) is 0 Å². The molecule has 1 unspecified atom stereocenters. The maximum Gasteiger partial charge on any atom is 0.360 e. The molecule has 0 saturated carbocycles. The van der Waals surface area contributed by atoms with Crippen LogP contribution in [-0.4, -0.2) is 24.9 Å². The number of hydrogen-bond donors (Lipinski definition) is 0. The number of nitrogens with zero attached hydrogens (tertiary/aromatic N) is 4. The zero-order valence-electron chi connectivity index (χ0n) is 25.8. The third kappa shape index (κ3) is 3.44. The number of aryl methyl sites for hydroxylation is 2. The number of aromatic nitrogens is 4. The summed E-state index contributed by atoms with van der Waals surface area (Å²) in [5.41, 5.74) is 9.02. The van der Waals surface area contributed by atoms with E-state index in [0.717, 1.165) is 51.0 Å². The molecule has 0 fully saturated rings. The van der Waals surface area contributed by atoms with E-state index in [1.165, 1.54) is 16.3 Å². The van der Waals surface area contributed by atoms with Crippen LogP contribution >= 0.6 is 0 Å². The lowest BCUT2D eigenvalue weighted by Gasteiger charge is -2.29. The molecule has 1 atom stereocenters. The summed E-state index contributed by atoms with van der Waals surface area (Å²) in [6.45, 7) is 7.21. The lowest BCUT2D eigenvalue weighted by Crippen LogP contribution is -2.33. The fourth-order valence-electron chi connectivity index (χ4n) is 7.74. The molecule has 222 valence electrons. The maximum absolute atomic E-state index is 14.1. The predicted octanol–water partition coefficient (Wildman–Crippen LogP) is 8.76. The van der Waals surface area contributed by atoms with Crippen molar-refractivity contribution in [2.75, 3.05) is 0 Å². The second kappa shape index (κ2) is 9.62. The van der Waals surface area contributed by atoms with Crippen molar-refractivity contribution in [3.8, 4) is 11.1 Å². The van der Waals surface area contributed by atoms with Crippen LogP contribution in [0, 0.1) is 13.8 Å². The summed E-state index contributed by atoms with van der Waals surface area (Å²) >= 11 is 0. The smallest absolute Gasteiger partial charge is 0.360 e. The SMILES string of the molecule is CCn1c(C)c(C2(c3cc(-c4ccc5ccccc5c4C)c4ccccn34)OC(=O)c3nc4ccccc4nc32)c2ccccc21. The van der Waals surface area contributed by atoms with Crippen LogP contribution in [-0.2, 0) is 16.9 Å². The van der Waals surface area contributed by atoms with Crippen molar-refractivity contribution in [1.82, 2.24) is 18.9 Å². The molecule has 1 aliphatic heterocycles. The Balaban J connectivity index is 1.45. The minimum absolute atomic E-state index is 0.251. The van der Waals surface area contributed by atoms with Gasteiger partial charge in [0.15, 0.2) is 5.69 Å². The van der Waals surface area contributed by atoms with Gasteiger partial charge in [-0.05, 0) is 79.1 Å². The zero-order chi connectivity index (χ0) is 31.2. The molecule has 4 aromatic carbocycles. The first-order valence-corrected chi connectivity index (χ1v) is 15.7. The van der Waals surface area contributed by atoms with E-state index in [-0.39, 0.29) is 5.69 Å². The van der Waals surface area contributed by atoms with Gasteiger partial charge < -0.3 is 13.7 Å². The molecule has 9 rings (SSSR count). The van der Waals surface area contributed by atoms with Gasteiger partial charge in [0.1, 0.15) is 5.69 Å². The van der Waals surface area contributed by atoms with Crippen LogP contribution < -0.4 is 0 Å². The second-order valence-corrected chi connectivity index (χ2v) is 12.1. The van der Waals surface area contributed by atoms with Crippen molar-refractivity contribution >= 4 is 44.2 Å². The minimum atomic E-state index is -1.36. The molecule has 0 spiro atoms. The molecular weight excluding hydrogens is 568 g/mol. The number of esters is 1. The van der Waals surface area contributed by atoms with E-state index < -0.39 is 11.6 Å². The average molecular weight is 599 g/mol. The summed E-state index contributed by atoms with van der Waals surface area (Å²) in [6, 6.07) is 37.3. The Morgan fingerprint density at radius 2 is 1.43 bits per heavy atom. The lowest BCUT2D eigenvalue weighted by atomic mass is 9.84. The van der Waals surface area contributed by atoms with Crippen LogP contribution in [0.1, 0.15) is 45.6 Å². The van der Waals surface area contributed by atoms with E-state index in [4.69, 9.17) is 14.7 Å². The number of ether oxygens (including phenoxy) is 1. The molecule has 4 aromatic heterocycles. The Morgan fingerprint density at radius 3 is 2.26 bits per heavy atom. The van der Waals surface area contributed by atoms with Gasteiger partial charge in [-0.2, -0.15) is 0 Å². The predicted molar refractivity (Wildman–Crippen MR) is 182 cm³/mol. The first-order chi connectivity index (χ1) is 22.5. The third-order valence-corrected chi connectivity index (χ3v) is 9.77. The number of carbonyl (C=O) groups is 1. The van der Waals surface area contributed by atoms with Crippen molar-refractivity contribution in [3.63, 3.8) is 0 Å². The molecule has 6 nitrogen and oxygen atoms in total. The number of pyridine rings is 1. The van der Waals surface area contributed by atoms with Gasteiger partial charge >= 0.3 is 5.97 Å². The molecule has 0 amide bonds. The van der Waals surface area contributed by atoms with Crippen molar-refractivity contribution in [3.05, 3.63) is 149 Å². The minimum Gasteiger partial charge on any atom is -0.436 e. The third-order valence-electron chi connectivity index (χ3n) is 9.77. The van der Waals surface area contributed by atoms with Gasteiger partial charge in [0.25, 0.3) is 0 Å². The summed E-state index contributed by atoms with van der Waals surface area (Å²) in [5.74, 6) is -0.477. The number of benzene rings is 4. The molecule has 1 aliphatic rings. The number of hydrogen-bond acceptors (Lipinski definition) is 4. The van der Waals surface area contributed by atoms with E-state index in [0.29, 0.717) is 16.7 Å². The molecule has 0 bridgehead atoms. The quantitative estimate of drug-likeness (QED) is 0.190. The summed E-state index contributed by atoms with van der Waals surface area (Å²) in [6.07, 6.45) is 2.06. The molecule has 0 N–H and O–H groups in total. The molecule has 5 heterocycles. The normalized spacial score (nSPS) is 16.1. The topological polar surface area (TPSA) is 61.4 Å². The van der Waals surface area contributed by atoms with E-state index in [9.17, 15) is 4.79 Å². The highest BCUT2D eigenvalue weighted by atomic mass is 16.6.